The fourth-order valence-electron chi connectivity index (χ4n) is 4.33. The Morgan fingerprint density at radius 1 is 1.19 bits per heavy atom. The zero-order chi connectivity index (χ0) is 21.4. The van der Waals surface area contributed by atoms with Gasteiger partial charge in [0.2, 0.25) is 6.10 Å². The lowest BCUT2D eigenvalue weighted by molar-refractivity contribution is -0.126. The Bertz CT molecular complexity index is 1110. The Morgan fingerprint density at radius 3 is 2.84 bits per heavy atom. The lowest BCUT2D eigenvalue weighted by Gasteiger charge is -2.37. The predicted octanol–water partition coefficient (Wildman–Crippen LogP) is 2.81. The molecule has 1 aromatic heterocycles. The van der Waals surface area contributed by atoms with Gasteiger partial charge in [0.15, 0.2) is 11.5 Å². The molecule has 3 heterocycles. The van der Waals surface area contributed by atoms with E-state index in [1.807, 2.05) is 30.3 Å². The third-order valence-corrected chi connectivity index (χ3v) is 6.30. The van der Waals surface area contributed by atoms with Gasteiger partial charge in [0.1, 0.15) is 6.61 Å². The van der Waals surface area contributed by atoms with E-state index in [0.29, 0.717) is 11.5 Å². The van der Waals surface area contributed by atoms with Crippen LogP contribution in [0.15, 0.2) is 42.6 Å². The van der Waals surface area contributed by atoms with Gasteiger partial charge in [-0.3, -0.25) is 9.69 Å². The lowest BCUT2D eigenvalue weighted by atomic mass is 10.1. The molecule has 0 saturated carbocycles. The van der Waals surface area contributed by atoms with Crippen molar-refractivity contribution in [2.24, 2.45) is 5.73 Å². The summed E-state index contributed by atoms with van der Waals surface area (Å²) in [6.07, 6.45) is 2.35. The second kappa shape index (κ2) is 8.32. The Hall–Kier alpha value is -2.90. The smallest absolute Gasteiger partial charge is 0.262 e. The molecule has 162 valence electrons. The molecule has 0 spiro atoms. The number of aromatic nitrogens is 1. The lowest BCUT2D eigenvalue weighted by Crippen LogP contribution is -2.47. The molecule has 31 heavy (non-hydrogen) atoms. The Morgan fingerprint density at radius 2 is 2.03 bits per heavy atom. The number of rotatable bonds is 5. The summed E-state index contributed by atoms with van der Waals surface area (Å²) in [7, 11) is 0. The number of piperazine rings is 1. The van der Waals surface area contributed by atoms with E-state index in [-0.39, 0.29) is 6.61 Å². The normalized spacial score (nSPS) is 19.0. The molecule has 1 saturated heterocycles. The van der Waals surface area contributed by atoms with Gasteiger partial charge in [0.05, 0.1) is 5.69 Å². The first-order valence-corrected chi connectivity index (χ1v) is 10.9. The number of hydrogen-bond donors (Lipinski definition) is 2. The molecule has 0 radical (unpaired) electrons. The van der Waals surface area contributed by atoms with Crippen molar-refractivity contribution in [2.75, 3.05) is 44.2 Å². The minimum atomic E-state index is -0.736. The number of benzene rings is 2. The number of amides is 1. The summed E-state index contributed by atoms with van der Waals surface area (Å²) < 4.78 is 11.6. The van der Waals surface area contributed by atoms with Crippen molar-refractivity contribution in [1.82, 2.24) is 9.88 Å². The average Bonchev–Trinajstić information content (AvgIpc) is 3.19. The summed E-state index contributed by atoms with van der Waals surface area (Å²) in [6.45, 7) is 4.92. The standard InChI is InChI=1S/C23H25ClN4O3/c24-16-4-5-17-15(13-26-18(17)12-16)6-7-27-8-10-28(11-9-27)19-2-1-3-20-22(19)30-14-21(31-20)23(25)29/h1-5,12-13,21,26H,6-11,14H2,(H2,25,29). The average molecular weight is 441 g/mol. The van der Waals surface area contributed by atoms with Gasteiger partial charge in [-0.05, 0) is 36.2 Å². The maximum Gasteiger partial charge on any atom is 0.262 e. The first kappa shape index (κ1) is 20.0. The van der Waals surface area contributed by atoms with Crippen molar-refractivity contribution in [1.29, 1.82) is 0 Å². The van der Waals surface area contributed by atoms with Gasteiger partial charge in [-0.1, -0.05) is 23.7 Å². The van der Waals surface area contributed by atoms with Gasteiger partial charge < -0.3 is 25.1 Å². The van der Waals surface area contributed by atoms with Crippen LogP contribution in [0.3, 0.4) is 0 Å². The highest BCUT2D eigenvalue weighted by molar-refractivity contribution is 6.31. The van der Waals surface area contributed by atoms with Crippen molar-refractivity contribution in [3.8, 4) is 11.5 Å². The van der Waals surface area contributed by atoms with E-state index in [1.165, 1.54) is 10.9 Å². The minimum absolute atomic E-state index is 0.148. The third kappa shape index (κ3) is 4.03. The number of fused-ring (bicyclic) bond motifs is 2. The maximum absolute atomic E-state index is 11.4. The SMILES string of the molecule is NC(=O)C1COc2c(cccc2N2CCN(CCc3c[nH]c4cc(Cl)ccc34)CC2)O1. The van der Waals surface area contributed by atoms with Crippen LogP contribution < -0.4 is 20.1 Å². The zero-order valence-corrected chi connectivity index (χ0v) is 17.9. The molecule has 0 aliphatic carbocycles. The number of para-hydroxylation sites is 1. The molecule has 7 nitrogen and oxygen atoms in total. The minimum Gasteiger partial charge on any atom is -0.483 e. The van der Waals surface area contributed by atoms with Crippen LogP contribution in [0.4, 0.5) is 5.69 Å². The molecule has 1 fully saturated rings. The number of halogens is 1. The van der Waals surface area contributed by atoms with Crippen molar-refractivity contribution in [3.63, 3.8) is 0 Å². The summed E-state index contributed by atoms with van der Waals surface area (Å²) in [5.41, 5.74) is 8.77. The summed E-state index contributed by atoms with van der Waals surface area (Å²) >= 11 is 6.09. The molecule has 0 bridgehead atoms. The fraction of sp³-hybridized carbons (Fsp3) is 0.348. The molecule has 2 aliphatic rings. The van der Waals surface area contributed by atoms with E-state index < -0.39 is 12.0 Å². The number of aromatic amines is 1. The van der Waals surface area contributed by atoms with Crippen LogP contribution in [-0.4, -0.2) is 61.2 Å². The van der Waals surface area contributed by atoms with E-state index >= 15 is 0 Å². The van der Waals surface area contributed by atoms with E-state index in [0.717, 1.165) is 55.4 Å². The second-order valence-electron chi connectivity index (χ2n) is 8.01. The quantitative estimate of drug-likeness (QED) is 0.637. The van der Waals surface area contributed by atoms with Crippen molar-refractivity contribution in [3.05, 3.63) is 53.2 Å². The number of nitrogens with zero attached hydrogens (tertiary/aromatic N) is 2. The van der Waals surface area contributed by atoms with Crippen LogP contribution in [0, 0.1) is 0 Å². The molecule has 2 aliphatic heterocycles. The van der Waals surface area contributed by atoms with Crippen LogP contribution in [-0.2, 0) is 11.2 Å². The number of carbonyl (C=O) groups excluding carboxylic acids is 1. The van der Waals surface area contributed by atoms with Crippen LogP contribution in [0.25, 0.3) is 10.9 Å². The third-order valence-electron chi connectivity index (χ3n) is 6.06. The number of anilines is 1. The van der Waals surface area contributed by atoms with Gasteiger partial charge in [0.25, 0.3) is 5.91 Å². The Kier molecular flexibility index (Phi) is 5.38. The second-order valence-corrected chi connectivity index (χ2v) is 8.44. The number of primary amides is 1. The number of nitrogens with two attached hydrogens (primary N) is 1. The molecular formula is C23H25ClN4O3. The monoisotopic (exact) mass is 440 g/mol. The summed E-state index contributed by atoms with van der Waals surface area (Å²) in [4.78, 5) is 19.5. The summed E-state index contributed by atoms with van der Waals surface area (Å²) in [5, 5.41) is 1.99. The number of ether oxygens (including phenoxy) is 2. The van der Waals surface area contributed by atoms with Crippen LogP contribution in [0.5, 0.6) is 11.5 Å². The molecule has 8 heteroatoms. The highest BCUT2D eigenvalue weighted by Crippen LogP contribution is 2.40. The fourth-order valence-corrected chi connectivity index (χ4v) is 4.51. The largest absolute Gasteiger partial charge is 0.483 e. The van der Waals surface area contributed by atoms with Crippen molar-refractivity contribution < 1.29 is 14.3 Å². The molecule has 5 rings (SSSR count). The number of H-pyrrole nitrogens is 1. The van der Waals surface area contributed by atoms with Crippen molar-refractivity contribution in [2.45, 2.75) is 12.5 Å². The van der Waals surface area contributed by atoms with Gasteiger partial charge in [-0.2, -0.15) is 0 Å². The molecule has 3 N–H and O–H groups in total. The van der Waals surface area contributed by atoms with E-state index in [2.05, 4.69) is 27.0 Å². The van der Waals surface area contributed by atoms with E-state index in [9.17, 15) is 4.79 Å². The van der Waals surface area contributed by atoms with Crippen molar-refractivity contribution >= 4 is 34.1 Å². The van der Waals surface area contributed by atoms with Crippen LogP contribution >= 0.6 is 11.6 Å². The zero-order valence-electron chi connectivity index (χ0n) is 17.1. The van der Waals surface area contributed by atoms with Gasteiger partial charge in [0, 0.05) is 54.8 Å². The van der Waals surface area contributed by atoms with Crippen LogP contribution in [0.2, 0.25) is 5.02 Å². The predicted molar refractivity (Wildman–Crippen MR) is 121 cm³/mol. The molecule has 1 atom stereocenters. The Labute approximate surface area is 185 Å². The molecule has 1 amide bonds. The van der Waals surface area contributed by atoms with Gasteiger partial charge in [-0.15, -0.1) is 0 Å². The maximum atomic E-state index is 11.4. The first-order valence-electron chi connectivity index (χ1n) is 10.5. The van der Waals surface area contributed by atoms with E-state index in [1.54, 1.807) is 0 Å². The molecular weight excluding hydrogens is 416 g/mol. The number of hydrogen-bond acceptors (Lipinski definition) is 5. The van der Waals surface area contributed by atoms with Gasteiger partial charge >= 0.3 is 0 Å². The molecule has 1 unspecified atom stereocenters. The first-order chi connectivity index (χ1) is 15.1. The number of carbonyl (C=O) groups is 1. The summed E-state index contributed by atoms with van der Waals surface area (Å²) in [5.74, 6) is 0.767. The highest BCUT2D eigenvalue weighted by atomic mass is 35.5. The summed E-state index contributed by atoms with van der Waals surface area (Å²) in [6, 6.07) is 11.8. The van der Waals surface area contributed by atoms with E-state index in [4.69, 9.17) is 26.8 Å². The van der Waals surface area contributed by atoms with Gasteiger partial charge in [-0.25, -0.2) is 0 Å². The number of nitrogens with one attached hydrogen (secondary N) is 1. The molecule has 2 aromatic carbocycles. The van der Waals surface area contributed by atoms with Crippen LogP contribution in [0.1, 0.15) is 5.56 Å². The topological polar surface area (TPSA) is 83.8 Å². The Balaban J connectivity index is 1.20. The molecule has 3 aromatic rings. The highest BCUT2D eigenvalue weighted by Gasteiger charge is 2.29.